The van der Waals surface area contributed by atoms with Crippen molar-refractivity contribution in [2.45, 2.75) is 6.61 Å². The largest absolute Gasteiger partial charge is 0.392 e. The summed E-state index contributed by atoms with van der Waals surface area (Å²) < 4.78 is 26.8. The lowest BCUT2D eigenvalue weighted by Gasteiger charge is -2.10. The van der Waals surface area contributed by atoms with E-state index in [4.69, 9.17) is 5.11 Å². The van der Waals surface area contributed by atoms with Crippen LogP contribution in [0.1, 0.15) is 5.56 Å². The Balaban J connectivity index is 2.38. The van der Waals surface area contributed by atoms with Gasteiger partial charge in [0.2, 0.25) is 0 Å². The molecule has 1 aromatic heterocycles. The van der Waals surface area contributed by atoms with Gasteiger partial charge in [-0.25, -0.2) is 13.8 Å². The molecule has 0 unspecified atom stereocenters. The summed E-state index contributed by atoms with van der Waals surface area (Å²) in [5, 5.41) is 11.6. The van der Waals surface area contributed by atoms with Crippen molar-refractivity contribution in [3.8, 4) is 0 Å². The molecule has 0 aliphatic carbocycles. The number of hydrogen-bond acceptors (Lipinski definition) is 3. The van der Waals surface area contributed by atoms with Crippen molar-refractivity contribution in [1.82, 2.24) is 4.98 Å². The number of aromatic nitrogens is 1. The van der Waals surface area contributed by atoms with E-state index >= 15 is 0 Å². The van der Waals surface area contributed by atoms with Gasteiger partial charge < -0.3 is 10.4 Å². The van der Waals surface area contributed by atoms with Gasteiger partial charge in [-0.3, -0.25) is 0 Å². The number of aliphatic hydroxyl groups is 1. The lowest BCUT2D eigenvalue weighted by Crippen LogP contribution is -2.02. The van der Waals surface area contributed by atoms with Gasteiger partial charge in [0.25, 0.3) is 0 Å². The highest BCUT2D eigenvalue weighted by Gasteiger charge is 2.10. The van der Waals surface area contributed by atoms with Crippen LogP contribution in [0.25, 0.3) is 0 Å². The lowest BCUT2D eigenvalue weighted by atomic mass is 10.2. The van der Waals surface area contributed by atoms with Crippen molar-refractivity contribution in [2.24, 2.45) is 0 Å². The summed E-state index contributed by atoms with van der Waals surface area (Å²) in [6.45, 7) is -0.258. The van der Waals surface area contributed by atoms with Crippen LogP contribution < -0.4 is 5.32 Å². The van der Waals surface area contributed by atoms with Crippen LogP contribution in [-0.4, -0.2) is 10.1 Å². The molecule has 0 fully saturated rings. The molecule has 2 aromatic rings. The van der Waals surface area contributed by atoms with E-state index in [9.17, 15) is 8.78 Å². The summed E-state index contributed by atoms with van der Waals surface area (Å²) in [7, 11) is 0. The van der Waals surface area contributed by atoms with E-state index in [2.05, 4.69) is 10.3 Å². The van der Waals surface area contributed by atoms with Crippen LogP contribution in [-0.2, 0) is 6.61 Å². The number of nitrogens with one attached hydrogen (secondary N) is 1. The van der Waals surface area contributed by atoms with Crippen LogP contribution in [0.2, 0.25) is 0 Å². The van der Waals surface area contributed by atoms with Crippen molar-refractivity contribution in [3.63, 3.8) is 0 Å². The third-order valence-electron chi connectivity index (χ3n) is 2.27. The predicted molar refractivity (Wildman–Crippen MR) is 59.8 cm³/mol. The number of nitrogens with zero attached hydrogens (tertiary/aromatic N) is 1. The minimum atomic E-state index is -0.709. The van der Waals surface area contributed by atoms with E-state index in [1.54, 1.807) is 12.1 Å². The van der Waals surface area contributed by atoms with Crippen molar-refractivity contribution in [2.75, 3.05) is 5.32 Å². The lowest BCUT2D eigenvalue weighted by molar-refractivity contribution is 0.282. The maximum absolute atomic E-state index is 13.4. The van der Waals surface area contributed by atoms with Crippen LogP contribution in [0.4, 0.5) is 20.3 Å². The Labute approximate surface area is 96.7 Å². The SMILES string of the molecule is OCc1cccnc1Nc1c(F)cccc1F. The average molecular weight is 236 g/mol. The first-order chi connectivity index (χ1) is 8.22. The molecule has 1 aromatic carbocycles. The van der Waals surface area contributed by atoms with Gasteiger partial charge in [-0.1, -0.05) is 12.1 Å². The Morgan fingerprint density at radius 1 is 1.12 bits per heavy atom. The topological polar surface area (TPSA) is 45.2 Å². The molecule has 88 valence electrons. The minimum absolute atomic E-state index is 0.235. The normalized spacial score (nSPS) is 10.3. The summed E-state index contributed by atoms with van der Waals surface area (Å²) in [5.41, 5.74) is 0.191. The summed E-state index contributed by atoms with van der Waals surface area (Å²) in [6.07, 6.45) is 1.47. The number of halogens is 2. The number of benzene rings is 1. The van der Waals surface area contributed by atoms with Crippen LogP contribution in [0.5, 0.6) is 0 Å². The maximum atomic E-state index is 13.4. The van der Waals surface area contributed by atoms with Crippen LogP contribution in [0, 0.1) is 11.6 Å². The summed E-state index contributed by atoms with van der Waals surface area (Å²) in [4.78, 5) is 3.92. The van der Waals surface area contributed by atoms with Gasteiger partial charge in [0, 0.05) is 11.8 Å². The molecule has 0 radical (unpaired) electrons. The summed E-state index contributed by atoms with van der Waals surface area (Å²) in [5.74, 6) is -1.18. The molecule has 0 atom stereocenters. The van der Waals surface area contributed by atoms with E-state index in [1.165, 1.54) is 12.3 Å². The predicted octanol–water partition coefficient (Wildman–Crippen LogP) is 2.60. The highest BCUT2D eigenvalue weighted by atomic mass is 19.1. The standard InChI is InChI=1S/C12H10F2N2O/c13-9-4-1-5-10(14)11(9)16-12-8(7-17)3-2-6-15-12/h1-6,17H,7H2,(H,15,16). The number of pyridine rings is 1. The fourth-order valence-corrected chi connectivity index (χ4v) is 1.41. The van der Waals surface area contributed by atoms with Crippen LogP contribution >= 0.6 is 0 Å². The zero-order valence-corrected chi connectivity index (χ0v) is 8.82. The van der Waals surface area contributed by atoms with Gasteiger partial charge >= 0.3 is 0 Å². The van der Waals surface area contributed by atoms with Crippen LogP contribution in [0.15, 0.2) is 36.5 Å². The number of aliphatic hydroxyl groups excluding tert-OH is 1. The van der Waals surface area contributed by atoms with Gasteiger partial charge in [0.1, 0.15) is 23.1 Å². The second kappa shape index (κ2) is 4.88. The average Bonchev–Trinajstić information content (AvgIpc) is 2.34. The Bertz CT molecular complexity index is 511. The van der Waals surface area contributed by atoms with Crippen molar-refractivity contribution >= 4 is 11.5 Å². The molecule has 0 amide bonds. The first-order valence-corrected chi connectivity index (χ1v) is 4.98. The van der Waals surface area contributed by atoms with E-state index in [1.807, 2.05) is 0 Å². The molecular formula is C12H10F2N2O. The van der Waals surface area contributed by atoms with Gasteiger partial charge in [-0.2, -0.15) is 0 Å². The number of para-hydroxylation sites is 1. The van der Waals surface area contributed by atoms with Crippen molar-refractivity contribution < 1.29 is 13.9 Å². The Morgan fingerprint density at radius 2 is 1.82 bits per heavy atom. The first-order valence-electron chi connectivity index (χ1n) is 4.98. The second-order valence-electron chi connectivity index (χ2n) is 3.39. The fraction of sp³-hybridized carbons (Fsp3) is 0.0833. The molecule has 17 heavy (non-hydrogen) atoms. The highest BCUT2D eigenvalue weighted by molar-refractivity contribution is 5.60. The first kappa shape index (κ1) is 11.5. The summed E-state index contributed by atoms with van der Waals surface area (Å²) >= 11 is 0. The van der Waals surface area contributed by atoms with E-state index in [0.29, 0.717) is 5.56 Å². The molecule has 0 spiro atoms. The van der Waals surface area contributed by atoms with Gasteiger partial charge in [0.15, 0.2) is 0 Å². The van der Waals surface area contributed by atoms with Gasteiger partial charge in [-0.05, 0) is 18.2 Å². The molecule has 0 bridgehead atoms. The molecule has 2 rings (SSSR count). The molecule has 0 saturated carbocycles. The molecule has 1 heterocycles. The van der Waals surface area contributed by atoms with Crippen LogP contribution in [0.3, 0.4) is 0 Å². The smallest absolute Gasteiger partial charge is 0.149 e. The molecular weight excluding hydrogens is 226 g/mol. The zero-order valence-electron chi connectivity index (χ0n) is 8.82. The zero-order chi connectivity index (χ0) is 12.3. The van der Waals surface area contributed by atoms with Crippen molar-refractivity contribution in [1.29, 1.82) is 0 Å². The second-order valence-corrected chi connectivity index (χ2v) is 3.39. The number of anilines is 2. The minimum Gasteiger partial charge on any atom is -0.392 e. The van der Waals surface area contributed by atoms with Gasteiger partial charge in [0.05, 0.1) is 6.61 Å². The highest BCUT2D eigenvalue weighted by Crippen LogP contribution is 2.23. The van der Waals surface area contributed by atoms with E-state index in [0.717, 1.165) is 12.1 Å². The third-order valence-corrected chi connectivity index (χ3v) is 2.27. The molecule has 5 heteroatoms. The van der Waals surface area contributed by atoms with E-state index < -0.39 is 11.6 Å². The molecule has 0 aliphatic heterocycles. The molecule has 0 aliphatic rings. The quantitative estimate of drug-likeness (QED) is 0.861. The Morgan fingerprint density at radius 3 is 2.47 bits per heavy atom. The number of rotatable bonds is 3. The molecule has 3 nitrogen and oxygen atoms in total. The maximum Gasteiger partial charge on any atom is 0.149 e. The Hall–Kier alpha value is -2.01. The third kappa shape index (κ3) is 2.39. The molecule has 2 N–H and O–H groups in total. The van der Waals surface area contributed by atoms with Crippen molar-refractivity contribution in [3.05, 3.63) is 53.7 Å². The van der Waals surface area contributed by atoms with E-state index in [-0.39, 0.29) is 18.1 Å². The Kier molecular flexibility index (Phi) is 3.30. The summed E-state index contributed by atoms with van der Waals surface area (Å²) in [6, 6.07) is 6.82. The van der Waals surface area contributed by atoms with Gasteiger partial charge in [-0.15, -0.1) is 0 Å². The molecule has 0 saturated heterocycles. The monoisotopic (exact) mass is 236 g/mol. The fourth-order valence-electron chi connectivity index (χ4n) is 1.41. The number of hydrogen-bond donors (Lipinski definition) is 2.